The third-order valence-electron chi connectivity index (χ3n) is 6.39. The van der Waals surface area contributed by atoms with E-state index in [4.69, 9.17) is 35.4 Å². The van der Waals surface area contributed by atoms with E-state index in [2.05, 4.69) is 40.0 Å². The van der Waals surface area contributed by atoms with Crippen molar-refractivity contribution >= 4 is 34.2 Å². The Kier molecular flexibility index (Phi) is 11.0. The highest BCUT2D eigenvalue weighted by Crippen LogP contribution is 2.38. The molecule has 0 aromatic carbocycles. The van der Waals surface area contributed by atoms with Crippen LogP contribution in [0.15, 0.2) is 0 Å². The monoisotopic (exact) mass is 552 g/mol. The van der Waals surface area contributed by atoms with Crippen LogP contribution in [-0.4, -0.2) is 86.1 Å². The van der Waals surface area contributed by atoms with E-state index in [1.807, 2.05) is 0 Å². The molecule has 0 aliphatic carbocycles. The van der Waals surface area contributed by atoms with Gasteiger partial charge in [0.15, 0.2) is 0 Å². The Morgan fingerprint density at radius 1 is 0.588 bits per heavy atom. The molecule has 0 aromatic heterocycles. The largest absolute Gasteiger partial charge is 0.416 e. The lowest BCUT2D eigenvalue weighted by Gasteiger charge is -2.50. The van der Waals surface area contributed by atoms with Gasteiger partial charge in [0.2, 0.25) is 0 Å². The second-order valence-electron chi connectivity index (χ2n) is 10.7. The van der Waals surface area contributed by atoms with Gasteiger partial charge in [-0.3, -0.25) is 0 Å². The molecule has 0 aromatic rings. The minimum Gasteiger partial charge on any atom is -0.416 e. The SMILES string of the molecule is CCC[Si]1(C)O[Si](C)(CCCOCC2CO2)O[Si](C)(CCC)O[Si](C)(CCCOCC2CO2)O1. The molecule has 0 amide bonds. The molecule has 3 saturated heterocycles. The zero-order valence-corrected chi connectivity index (χ0v) is 26.3. The van der Waals surface area contributed by atoms with Crippen molar-refractivity contribution in [2.75, 3.05) is 39.6 Å². The molecule has 34 heavy (non-hydrogen) atoms. The van der Waals surface area contributed by atoms with Crippen LogP contribution in [0.3, 0.4) is 0 Å². The number of hydrogen-bond donors (Lipinski definition) is 0. The van der Waals surface area contributed by atoms with Crippen LogP contribution in [0.4, 0.5) is 0 Å². The van der Waals surface area contributed by atoms with Crippen LogP contribution in [0.5, 0.6) is 0 Å². The lowest BCUT2D eigenvalue weighted by Crippen LogP contribution is -2.67. The number of ether oxygens (including phenoxy) is 4. The predicted molar refractivity (Wildman–Crippen MR) is 141 cm³/mol. The van der Waals surface area contributed by atoms with E-state index in [0.717, 1.165) is 63.1 Å². The minimum atomic E-state index is -2.49. The molecule has 0 N–H and O–H groups in total. The summed E-state index contributed by atoms with van der Waals surface area (Å²) in [4.78, 5) is 0. The maximum atomic E-state index is 7.05. The molecule has 3 aliphatic heterocycles. The van der Waals surface area contributed by atoms with Crippen molar-refractivity contribution in [1.82, 2.24) is 0 Å². The normalized spacial score (nSPS) is 40.1. The lowest BCUT2D eigenvalue weighted by molar-refractivity contribution is 0.114. The zero-order chi connectivity index (χ0) is 24.7. The molecule has 0 saturated carbocycles. The van der Waals surface area contributed by atoms with E-state index in [0.29, 0.717) is 38.6 Å². The van der Waals surface area contributed by atoms with Crippen molar-refractivity contribution in [3.63, 3.8) is 0 Å². The second kappa shape index (κ2) is 12.9. The number of epoxide rings is 2. The molecule has 12 heteroatoms. The molecular formula is C22H48O8Si4. The quantitative estimate of drug-likeness (QED) is 0.154. The van der Waals surface area contributed by atoms with E-state index < -0.39 is 34.2 Å². The van der Waals surface area contributed by atoms with Crippen LogP contribution in [0.2, 0.25) is 50.4 Å². The molecule has 0 spiro atoms. The molecule has 200 valence electrons. The number of rotatable bonds is 16. The van der Waals surface area contributed by atoms with Gasteiger partial charge in [0.1, 0.15) is 12.2 Å². The van der Waals surface area contributed by atoms with Crippen molar-refractivity contribution in [3.05, 3.63) is 0 Å². The smallest absolute Gasteiger partial charge is 0.317 e. The Morgan fingerprint density at radius 2 is 0.912 bits per heavy atom. The summed E-state index contributed by atoms with van der Waals surface area (Å²) in [6, 6.07) is 3.72. The summed E-state index contributed by atoms with van der Waals surface area (Å²) in [5.74, 6) is 0. The standard InChI is InChI=1S/C22H48O8Si4/c1-7-13-31(3)27-33(5,15-9-11-23-17-21-19-25-21)29-32(4,14-8-2)30-34(6,28-31)16-10-12-24-18-22-20-26-22/h21-22H,7-20H2,1-6H3. The molecular weight excluding hydrogens is 505 g/mol. The summed E-state index contributed by atoms with van der Waals surface area (Å²) in [5.41, 5.74) is 0. The van der Waals surface area contributed by atoms with Gasteiger partial charge in [-0.25, -0.2) is 0 Å². The average Bonchev–Trinajstić information content (AvgIpc) is 3.61. The molecule has 3 aliphatic rings. The van der Waals surface area contributed by atoms with Crippen LogP contribution in [0, 0.1) is 0 Å². The highest BCUT2D eigenvalue weighted by molar-refractivity contribution is 6.93. The van der Waals surface area contributed by atoms with Gasteiger partial charge in [0.25, 0.3) is 0 Å². The fourth-order valence-corrected chi connectivity index (χ4v) is 28.4. The second-order valence-corrected chi connectivity index (χ2v) is 25.0. The first-order valence-electron chi connectivity index (χ1n) is 13.3. The third kappa shape index (κ3) is 10.1. The fraction of sp³-hybridized carbons (Fsp3) is 1.00. The fourth-order valence-electron chi connectivity index (χ4n) is 4.98. The van der Waals surface area contributed by atoms with Crippen LogP contribution in [0.25, 0.3) is 0 Å². The van der Waals surface area contributed by atoms with E-state index in [9.17, 15) is 0 Å². The van der Waals surface area contributed by atoms with E-state index in [1.54, 1.807) is 0 Å². The first-order chi connectivity index (χ1) is 16.1. The summed E-state index contributed by atoms with van der Waals surface area (Å²) in [7, 11) is -9.89. The average molecular weight is 553 g/mol. The van der Waals surface area contributed by atoms with E-state index in [-0.39, 0.29) is 0 Å². The van der Waals surface area contributed by atoms with Crippen LogP contribution in [-0.2, 0) is 35.4 Å². The Labute approximate surface area is 211 Å². The summed E-state index contributed by atoms with van der Waals surface area (Å²) in [5, 5.41) is 0. The van der Waals surface area contributed by atoms with Crippen molar-refractivity contribution in [2.45, 2.75) is 102 Å². The van der Waals surface area contributed by atoms with Gasteiger partial charge >= 0.3 is 34.2 Å². The Morgan fingerprint density at radius 3 is 1.21 bits per heavy atom. The van der Waals surface area contributed by atoms with Crippen molar-refractivity contribution in [2.24, 2.45) is 0 Å². The lowest BCUT2D eigenvalue weighted by atomic mass is 10.5. The molecule has 2 unspecified atom stereocenters. The van der Waals surface area contributed by atoms with Crippen molar-refractivity contribution < 1.29 is 35.4 Å². The van der Waals surface area contributed by atoms with Crippen LogP contribution < -0.4 is 0 Å². The Balaban J connectivity index is 1.65. The summed E-state index contributed by atoms with van der Waals surface area (Å²) in [6.07, 6.45) is 4.55. The molecule has 3 fully saturated rings. The van der Waals surface area contributed by atoms with Gasteiger partial charge < -0.3 is 35.4 Å². The summed E-state index contributed by atoms with van der Waals surface area (Å²) >= 11 is 0. The molecule has 3 heterocycles. The van der Waals surface area contributed by atoms with Crippen molar-refractivity contribution in [1.29, 1.82) is 0 Å². The first-order valence-corrected chi connectivity index (χ1v) is 23.4. The van der Waals surface area contributed by atoms with Crippen molar-refractivity contribution in [3.8, 4) is 0 Å². The van der Waals surface area contributed by atoms with Gasteiger partial charge in [-0.05, 0) is 63.2 Å². The zero-order valence-electron chi connectivity index (χ0n) is 22.3. The highest BCUT2D eigenvalue weighted by atomic mass is 28.5. The van der Waals surface area contributed by atoms with Gasteiger partial charge in [0.05, 0.1) is 26.4 Å². The predicted octanol–water partition coefficient (Wildman–Crippen LogP) is 4.79. The highest BCUT2D eigenvalue weighted by Gasteiger charge is 2.56. The summed E-state index contributed by atoms with van der Waals surface area (Å²) < 4.78 is 50.3. The van der Waals surface area contributed by atoms with Gasteiger partial charge in [-0.2, -0.15) is 0 Å². The number of hydrogen-bond acceptors (Lipinski definition) is 8. The maximum Gasteiger partial charge on any atom is 0.317 e. The van der Waals surface area contributed by atoms with Crippen LogP contribution >= 0.6 is 0 Å². The van der Waals surface area contributed by atoms with Gasteiger partial charge in [0, 0.05) is 13.2 Å². The Bertz CT molecular complexity index is 556. The third-order valence-corrected chi connectivity index (χ3v) is 25.5. The minimum absolute atomic E-state index is 0.305. The topological polar surface area (TPSA) is 80.4 Å². The van der Waals surface area contributed by atoms with E-state index >= 15 is 0 Å². The molecule has 2 atom stereocenters. The van der Waals surface area contributed by atoms with E-state index in [1.165, 1.54) is 0 Å². The Hall–Kier alpha value is 0.548. The molecule has 3 rings (SSSR count). The van der Waals surface area contributed by atoms with Gasteiger partial charge in [-0.15, -0.1) is 0 Å². The maximum absolute atomic E-state index is 7.05. The molecule has 0 bridgehead atoms. The molecule has 8 nitrogen and oxygen atoms in total. The first kappa shape index (κ1) is 29.1. The summed E-state index contributed by atoms with van der Waals surface area (Å²) in [6.45, 7) is 17.8. The van der Waals surface area contributed by atoms with Gasteiger partial charge in [-0.1, -0.05) is 26.7 Å². The van der Waals surface area contributed by atoms with Crippen LogP contribution in [0.1, 0.15) is 39.5 Å². The molecule has 0 radical (unpaired) electrons.